The second-order valence-electron chi connectivity index (χ2n) is 6.37. The summed E-state index contributed by atoms with van der Waals surface area (Å²) in [5.74, 6) is 2.88. The Hall–Kier alpha value is -0.330. The fourth-order valence-corrected chi connectivity index (χ4v) is 3.55. The molecule has 0 aromatic heterocycles. The first-order chi connectivity index (χ1) is 7.01. The van der Waals surface area contributed by atoms with E-state index < -0.39 is 0 Å². The van der Waals surface area contributed by atoms with E-state index in [1.165, 1.54) is 19.3 Å². The van der Waals surface area contributed by atoms with Crippen LogP contribution in [0.5, 0.6) is 0 Å². The SMILES string of the molecule is CC(C)[C@H]1CC[C@@]2(C)CCC(=O)C[C@@H]2C1. The Bertz CT molecular complexity index is 256. The van der Waals surface area contributed by atoms with E-state index >= 15 is 0 Å². The van der Waals surface area contributed by atoms with Gasteiger partial charge in [0.2, 0.25) is 0 Å². The highest BCUT2D eigenvalue weighted by molar-refractivity contribution is 5.79. The number of carbonyl (C=O) groups excluding carboxylic acids is 1. The van der Waals surface area contributed by atoms with Crippen LogP contribution in [0.2, 0.25) is 0 Å². The van der Waals surface area contributed by atoms with Crippen molar-refractivity contribution in [1.82, 2.24) is 0 Å². The van der Waals surface area contributed by atoms with Crippen molar-refractivity contribution in [3.63, 3.8) is 0 Å². The summed E-state index contributed by atoms with van der Waals surface area (Å²) in [6.45, 7) is 7.08. The standard InChI is InChI=1S/C14H24O/c1-10(2)11-4-6-14(3)7-5-13(15)9-12(14)8-11/h10-12H,4-9H2,1-3H3/t11-,12-,14-/m0/s1. The molecule has 2 rings (SSSR count). The van der Waals surface area contributed by atoms with E-state index in [4.69, 9.17) is 0 Å². The molecule has 0 saturated heterocycles. The number of Topliss-reactive ketones (excluding diaryl/α,β-unsaturated/α-hetero) is 1. The summed E-state index contributed by atoms with van der Waals surface area (Å²) < 4.78 is 0. The molecule has 2 saturated carbocycles. The number of rotatable bonds is 1. The third-order valence-electron chi connectivity index (χ3n) is 5.05. The predicted octanol–water partition coefficient (Wildman–Crippen LogP) is 3.82. The average Bonchev–Trinajstić information content (AvgIpc) is 2.18. The molecule has 0 N–H and O–H groups in total. The van der Waals surface area contributed by atoms with Gasteiger partial charge in [-0.2, -0.15) is 0 Å². The molecule has 2 aliphatic carbocycles. The first kappa shape index (κ1) is 11.2. The zero-order valence-electron chi connectivity index (χ0n) is 10.4. The molecule has 2 aliphatic rings. The van der Waals surface area contributed by atoms with E-state index in [-0.39, 0.29) is 0 Å². The Morgan fingerprint density at radius 2 is 2.07 bits per heavy atom. The van der Waals surface area contributed by atoms with Gasteiger partial charge in [-0.25, -0.2) is 0 Å². The summed E-state index contributed by atoms with van der Waals surface area (Å²) in [5, 5.41) is 0. The first-order valence-electron chi connectivity index (χ1n) is 6.53. The monoisotopic (exact) mass is 208 g/mol. The fourth-order valence-electron chi connectivity index (χ4n) is 3.55. The van der Waals surface area contributed by atoms with Crippen LogP contribution in [0.25, 0.3) is 0 Å². The molecule has 0 unspecified atom stereocenters. The lowest BCUT2D eigenvalue weighted by Crippen LogP contribution is -2.40. The van der Waals surface area contributed by atoms with Crippen molar-refractivity contribution in [2.45, 2.75) is 59.3 Å². The lowest BCUT2D eigenvalue weighted by atomic mass is 9.57. The zero-order valence-corrected chi connectivity index (χ0v) is 10.4. The van der Waals surface area contributed by atoms with Crippen molar-refractivity contribution in [2.75, 3.05) is 0 Å². The highest BCUT2D eigenvalue weighted by atomic mass is 16.1. The van der Waals surface area contributed by atoms with E-state index in [0.717, 1.165) is 31.1 Å². The van der Waals surface area contributed by atoms with Crippen LogP contribution in [0.4, 0.5) is 0 Å². The van der Waals surface area contributed by atoms with Crippen molar-refractivity contribution in [2.24, 2.45) is 23.2 Å². The van der Waals surface area contributed by atoms with Crippen LogP contribution in [0.15, 0.2) is 0 Å². The van der Waals surface area contributed by atoms with Crippen LogP contribution >= 0.6 is 0 Å². The summed E-state index contributed by atoms with van der Waals surface area (Å²) in [6.07, 6.45) is 6.92. The lowest BCUT2D eigenvalue weighted by molar-refractivity contribution is -0.126. The molecule has 0 aromatic carbocycles. The number of hydrogen-bond acceptors (Lipinski definition) is 1. The Labute approximate surface area is 93.6 Å². The average molecular weight is 208 g/mol. The first-order valence-corrected chi connectivity index (χ1v) is 6.53. The molecule has 0 bridgehead atoms. The molecule has 0 aliphatic heterocycles. The molecule has 0 spiro atoms. The minimum Gasteiger partial charge on any atom is -0.300 e. The van der Waals surface area contributed by atoms with Crippen molar-refractivity contribution in [3.8, 4) is 0 Å². The molecule has 86 valence electrons. The highest BCUT2D eigenvalue weighted by Gasteiger charge is 2.43. The van der Waals surface area contributed by atoms with E-state index in [0.29, 0.717) is 17.1 Å². The Morgan fingerprint density at radius 3 is 2.73 bits per heavy atom. The van der Waals surface area contributed by atoms with Gasteiger partial charge in [0.05, 0.1) is 0 Å². The Morgan fingerprint density at radius 1 is 1.33 bits per heavy atom. The molecule has 15 heavy (non-hydrogen) atoms. The fraction of sp³-hybridized carbons (Fsp3) is 0.929. The highest BCUT2D eigenvalue weighted by Crippen LogP contribution is 2.51. The second kappa shape index (κ2) is 3.92. The van der Waals surface area contributed by atoms with Gasteiger partial charge in [-0.3, -0.25) is 4.79 Å². The number of fused-ring (bicyclic) bond motifs is 1. The largest absolute Gasteiger partial charge is 0.300 e. The molecule has 0 heterocycles. The van der Waals surface area contributed by atoms with E-state index in [2.05, 4.69) is 20.8 Å². The minimum absolute atomic E-state index is 0.499. The number of carbonyl (C=O) groups is 1. The quantitative estimate of drug-likeness (QED) is 0.640. The van der Waals surface area contributed by atoms with Gasteiger partial charge in [0.1, 0.15) is 5.78 Å². The molecule has 0 aromatic rings. The van der Waals surface area contributed by atoms with Crippen molar-refractivity contribution >= 4 is 5.78 Å². The second-order valence-corrected chi connectivity index (χ2v) is 6.37. The van der Waals surface area contributed by atoms with E-state index in [1.54, 1.807) is 0 Å². The smallest absolute Gasteiger partial charge is 0.133 e. The lowest BCUT2D eigenvalue weighted by Gasteiger charge is -2.48. The van der Waals surface area contributed by atoms with Gasteiger partial charge < -0.3 is 0 Å². The van der Waals surface area contributed by atoms with E-state index in [9.17, 15) is 4.79 Å². The van der Waals surface area contributed by atoms with Crippen LogP contribution in [0, 0.1) is 23.2 Å². The maximum Gasteiger partial charge on any atom is 0.133 e. The van der Waals surface area contributed by atoms with Crippen molar-refractivity contribution in [3.05, 3.63) is 0 Å². The predicted molar refractivity (Wildman–Crippen MR) is 62.6 cm³/mol. The van der Waals surface area contributed by atoms with Crippen LogP contribution in [0.1, 0.15) is 59.3 Å². The summed E-state index contributed by atoms with van der Waals surface area (Å²) >= 11 is 0. The third kappa shape index (κ3) is 2.11. The van der Waals surface area contributed by atoms with Crippen LogP contribution in [-0.4, -0.2) is 5.78 Å². The Kier molecular flexibility index (Phi) is 2.92. The van der Waals surface area contributed by atoms with Gasteiger partial charge in [0, 0.05) is 12.8 Å². The van der Waals surface area contributed by atoms with Gasteiger partial charge in [0.25, 0.3) is 0 Å². The van der Waals surface area contributed by atoms with Gasteiger partial charge in [-0.05, 0) is 48.9 Å². The van der Waals surface area contributed by atoms with Crippen LogP contribution < -0.4 is 0 Å². The summed E-state index contributed by atoms with van der Waals surface area (Å²) in [4.78, 5) is 11.5. The molecule has 2 fully saturated rings. The van der Waals surface area contributed by atoms with Crippen LogP contribution in [0.3, 0.4) is 0 Å². The topological polar surface area (TPSA) is 17.1 Å². The van der Waals surface area contributed by atoms with Crippen molar-refractivity contribution < 1.29 is 4.79 Å². The molecular weight excluding hydrogens is 184 g/mol. The summed E-state index contributed by atoms with van der Waals surface area (Å²) in [5.41, 5.74) is 0.499. The maximum absolute atomic E-state index is 11.5. The normalized spacial score (nSPS) is 41.7. The summed E-state index contributed by atoms with van der Waals surface area (Å²) in [6, 6.07) is 0. The van der Waals surface area contributed by atoms with Gasteiger partial charge in [0.15, 0.2) is 0 Å². The number of ketones is 1. The summed E-state index contributed by atoms with van der Waals surface area (Å²) in [7, 11) is 0. The number of hydrogen-bond donors (Lipinski definition) is 0. The van der Waals surface area contributed by atoms with Gasteiger partial charge in [-0.15, -0.1) is 0 Å². The molecule has 1 heteroatoms. The molecule has 3 atom stereocenters. The van der Waals surface area contributed by atoms with E-state index in [1.807, 2.05) is 0 Å². The third-order valence-corrected chi connectivity index (χ3v) is 5.05. The minimum atomic E-state index is 0.499. The molecule has 0 amide bonds. The van der Waals surface area contributed by atoms with Gasteiger partial charge >= 0.3 is 0 Å². The zero-order chi connectivity index (χ0) is 11.1. The molecular formula is C14H24O. The van der Waals surface area contributed by atoms with Gasteiger partial charge in [-0.1, -0.05) is 20.8 Å². The molecule has 1 nitrogen and oxygen atoms in total. The maximum atomic E-state index is 11.5. The molecule has 0 radical (unpaired) electrons. The Balaban J connectivity index is 2.07. The van der Waals surface area contributed by atoms with Crippen molar-refractivity contribution in [1.29, 1.82) is 0 Å². The van der Waals surface area contributed by atoms with Crippen LogP contribution in [-0.2, 0) is 4.79 Å².